The number of benzene rings is 1. The fourth-order valence-electron chi connectivity index (χ4n) is 3.48. The maximum Gasteiger partial charge on any atom is 0.166 e. The van der Waals surface area contributed by atoms with Crippen molar-refractivity contribution >= 4 is 23.7 Å². The summed E-state index contributed by atoms with van der Waals surface area (Å²) in [6.07, 6.45) is 15.1. The molecule has 3 rings (SSSR count). The van der Waals surface area contributed by atoms with Crippen LogP contribution in [0.25, 0.3) is 12.2 Å². The van der Waals surface area contributed by atoms with Gasteiger partial charge in [0, 0.05) is 25.4 Å². The molecule has 146 valence electrons. The van der Waals surface area contributed by atoms with Gasteiger partial charge in [-0.25, -0.2) is 0 Å². The first-order valence-electron chi connectivity index (χ1n) is 9.64. The lowest BCUT2D eigenvalue weighted by molar-refractivity contribution is -0.127. The van der Waals surface area contributed by atoms with Crippen LogP contribution in [0.15, 0.2) is 60.2 Å². The van der Waals surface area contributed by atoms with E-state index in [-0.39, 0.29) is 30.0 Å². The summed E-state index contributed by atoms with van der Waals surface area (Å²) in [5.74, 6) is -0.0348. The van der Waals surface area contributed by atoms with E-state index < -0.39 is 6.10 Å². The van der Waals surface area contributed by atoms with Gasteiger partial charge in [-0.05, 0) is 41.7 Å². The van der Waals surface area contributed by atoms with Crippen molar-refractivity contribution in [3.05, 3.63) is 71.3 Å². The molecule has 0 aliphatic heterocycles. The minimum absolute atomic E-state index is 0.0101. The maximum absolute atomic E-state index is 11.9. The second kappa shape index (κ2) is 9.58. The Kier molecular flexibility index (Phi) is 6.90. The molecule has 3 unspecified atom stereocenters. The van der Waals surface area contributed by atoms with E-state index in [0.717, 1.165) is 23.1 Å². The zero-order valence-electron chi connectivity index (χ0n) is 16.1. The van der Waals surface area contributed by atoms with Gasteiger partial charge in [-0.1, -0.05) is 54.7 Å². The molecule has 0 saturated carbocycles. The number of methoxy groups -OCH3 is 1. The topological polar surface area (TPSA) is 63.6 Å². The van der Waals surface area contributed by atoms with Gasteiger partial charge >= 0.3 is 0 Å². The van der Waals surface area contributed by atoms with Crippen LogP contribution < -0.4 is 0 Å². The molecule has 0 radical (unpaired) electrons. The van der Waals surface area contributed by atoms with Crippen LogP contribution in [0.2, 0.25) is 0 Å². The minimum atomic E-state index is -0.410. The Balaban J connectivity index is 1.65. The van der Waals surface area contributed by atoms with Crippen molar-refractivity contribution in [3.63, 3.8) is 0 Å². The number of hydrogen-bond acceptors (Lipinski definition) is 4. The van der Waals surface area contributed by atoms with Crippen molar-refractivity contribution in [3.8, 4) is 0 Å². The van der Waals surface area contributed by atoms with E-state index in [0.29, 0.717) is 12.8 Å². The first-order chi connectivity index (χ1) is 13.6. The third-order valence-electron chi connectivity index (χ3n) is 5.21. The predicted molar refractivity (Wildman–Crippen MR) is 110 cm³/mol. The highest BCUT2D eigenvalue weighted by molar-refractivity contribution is 5.94. The molecule has 0 fully saturated rings. The van der Waals surface area contributed by atoms with Gasteiger partial charge in [0.2, 0.25) is 0 Å². The number of carbonyl (C=O) groups is 2. The van der Waals surface area contributed by atoms with E-state index in [4.69, 9.17) is 9.84 Å². The zero-order chi connectivity index (χ0) is 19.9. The molecule has 0 saturated heterocycles. The highest BCUT2D eigenvalue weighted by Gasteiger charge is 2.22. The van der Waals surface area contributed by atoms with Crippen LogP contribution in [0.1, 0.15) is 30.4 Å². The molecular weight excluding hydrogens is 352 g/mol. The summed E-state index contributed by atoms with van der Waals surface area (Å²) in [6, 6.07) is 8.10. The van der Waals surface area contributed by atoms with Crippen LogP contribution in [0, 0.1) is 11.8 Å². The van der Waals surface area contributed by atoms with Crippen molar-refractivity contribution < 1.29 is 19.4 Å². The van der Waals surface area contributed by atoms with E-state index in [1.807, 2.05) is 54.7 Å². The maximum atomic E-state index is 11.9. The van der Waals surface area contributed by atoms with Crippen LogP contribution >= 0.6 is 0 Å². The van der Waals surface area contributed by atoms with Crippen LogP contribution in [0.4, 0.5) is 0 Å². The van der Waals surface area contributed by atoms with E-state index in [9.17, 15) is 9.59 Å². The van der Waals surface area contributed by atoms with E-state index >= 15 is 0 Å². The summed E-state index contributed by atoms with van der Waals surface area (Å²) < 4.78 is 5.12. The first-order valence-corrected chi connectivity index (χ1v) is 9.64. The zero-order valence-corrected chi connectivity index (χ0v) is 16.1. The molecular formula is C24H26O4. The Morgan fingerprint density at radius 3 is 2.61 bits per heavy atom. The third-order valence-corrected chi connectivity index (χ3v) is 5.21. The van der Waals surface area contributed by atoms with Crippen LogP contribution in [-0.2, 0) is 14.3 Å². The predicted octanol–water partition coefficient (Wildman–Crippen LogP) is 3.77. The molecule has 2 aliphatic carbocycles. The number of allylic oxidation sites excluding steroid dienone is 5. The number of hydrogen-bond donors (Lipinski definition) is 1. The van der Waals surface area contributed by atoms with Crippen molar-refractivity contribution in [1.82, 2.24) is 0 Å². The highest BCUT2D eigenvalue weighted by Crippen LogP contribution is 2.23. The lowest BCUT2D eigenvalue weighted by atomic mass is 9.89. The Morgan fingerprint density at radius 2 is 1.93 bits per heavy atom. The van der Waals surface area contributed by atoms with Gasteiger partial charge in [0.15, 0.2) is 11.6 Å². The van der Waals surface area contributed by atoms with Gasteiger partial charge in [0.05, 0.1) is 6.61 Å². The number of rotatable bonds is 6. The fraction of sp³-hybridized carbons (Fsp3) is 0.333. The molecule has 1 N–H and O–H groups in total. The molecule has 0 amide bonds. The van der Waals surface area contributed by atoms with Crippen LogP contribution in [-0.4, -0.2) is 36.5 Å². The summed E-state index contributed by atoms with van der Waals surface area (Å²) >= 11 is 0. The Hall–Kier alpha value is -2.56. The van der Waals surface area contributed by atoms with E-state index in [1.165, 1.54) is 0 Å². The van der Waals surface area contributed by atoms with Gasteiger partial charge < -0.3 is 9.84 Å². The Bertz CT molecular complexity index is 844. The number of carbonyl (C=O) groups excluding carboxylic acids is 2. The van der Waals surface area contributed by atoms with Gasteiger partial charge in [0.25, 0.3) is 0 Å². The number of aliphatic hydroxyl groups excluding tert-OH is 1. The number of aliphatic hydroxyl groups is 1. The second-order valence-electron chi connectivity index (χ2n) is 7.28. The van der Waals surface area contributed by atoms with Crippen molar-refractivity contribution in [2.75, 3.05) is 13.7 Å². The number of Topliss-reactive ketones (excluding diaryl/α,β-unsaturated/α-hetero) is 1. The van der Waals surface area contributed by atoms with Crippen molar-refractivity contribution in [2.24, 2.45) is 11.8 Å². The molecule has 0 bridgehead atoms. The second-order valence-corrected chi connectivity index (χ2v) is 7.28. The molecule has 0 aromatic heterocycles. The summed E-state index contributed by atoms with van der Waals surface area (Å²) in [7, 11) is 1.55. The largest absolute Gasteiger partial charge is 0.396 e. The smallest absolute Gasteiger partial charge is 0.166 e. The minimum Gasteiger partial charge on any atom is -0.396 e. The van der Waals surface area contributed by atoms with Crippen LogP contribution in [0.5, 0.6) is 0 Å². The molecule has 1 aromatic rings. The summed E-state index contributed by atoms with van der Waals surface area (Å²) in [5.41, 5.74) is 3.11. The summed E-state index contributed by atoms with van der Waals surface area (Å²) in [6.45, 7) is -0.0748. The third kappa shape index (κ3) is 5.24. The fourth-order valence-corrected chi connectivity index (χ4v) is 3.48. The van der Waals surface area contributed by atoms with Gasteiger partial charge in [-0.2, -0.15) is 0 Å². The lowest BCUT2D eigenvalue weighted by Crippen LogP contribution is -2.25. The van der Waals surface area contributed by atoms with Gasteiger partial charge in [-0.3, -0.25) is 9.59 Å². The van der Waals surface area contributed by atoms with Crippen molar-refractivity contribution in [1.29, 1.82) is 0 Å². The van der Waals surface area contributed by atoms with Crippen molar-refractivity contribution in [2.45, 2.75) is 25.4 Å². The quantitative estimate of drug-likeness (QED) is 0.766. The standard InChI is InChI=1S/C24H26O4/c1-28-24-12-10-20(15-23(24)27)8-6-18-4-2-3-17(13-18)5-7-19-9-11-21(16-25)22(26)14-19/h2-8,10,12-14,20-21,24-25H,9,11,15-16H2,1H3/b7-5+,8-6+. The first kappa shape index (κ1) is 20.2. The molecule has 4 heteroatoms. The molecule has 1 aromatic carbocycles. The summed E-state index contributed by atoms with van der Waals surface area (Å²) in [4.78, 5) is 23.8. The molecule has 0 heterocycles. The molecule has 4 nitrogen and oxygen atoms in total. The van der Waals surface area contributed by atoms with Gasteiger partial charge in [-0.15, -0.1) is 0 Å². The van der Waals surface area contributed by atoms with Crippen LogP contribution in [0.3, 0.4) is 0 Å². The average Bonchev–Trinajstić information content (AvgIpc) is 2.71. The monoisotopic (exact) mass is 378 g/mol. The normalized spacial score (nSPS) is 25.6. The average molecular weight is 378 g/mol. The molecule has 28 heavy (non-hydrogen) atoms. The molecule has 2 aliphatic rings. The van der Waals surface area contributed by atoms with E-state index in [1.54, 1.807) is 13.2 Å². The van der Waals surface area contributed by atoms with E-state index in [2.05, 4.69) is 6.07 Å². The highest BCUT2D eigenvalue weighted by atomic mass is 16.5. The Morgan fingerprint density at radius 1 is 1.14 bits per heavy atom. The Labute approximate surface area is 165 Å². The van der Waals surface area contributed by atoms with Gasteiger partial charge in [0.1, 0.15) is 6.10 Å². The SMILES string of the molecule is COC1C=CC(/C=C/c2cccc(/C=C/C3=CC(=O)C(CO)CC3)c2)CC1=O. The summed E-state index contributed by atoms with van der Waals surface area (Å²) in [5, 5.41) is 9.17. The number of ether oxygens (including phenoxy) is 1. The molecule has 0 spiro atoms. The number of ketones is 2. The lowest BCUT2D eigenvalue weighted by Gasteiger charge is -2.18. The molecule has 3 atom stereocenters.